The van der Waals surface area contributed by atoms with Crippen LogP contribution >= 0.6 is 0 Å². The summed E-state index contributed by atoms with van der Waals surface area (Å²) in [5, 5.41) is 2.63. The lowest BCUT2D eigenvalue weighted by molar-refractivity contribution is -0.121. The normalized spacial score (nSPS) is 13.4. The number of rotatable bonds is 4. The standard InChI is InChI=1S/C15H12N2O4/c18-13(16-7-10-5-6-21-9-10)8-17-14(19)11-3-1-2-4-12(11)15(17)20/h1-6,9H,7-8H2,(H,16,18). The second-order valence-electron chi connectivity index (χ2n) is 4.65. The van der Waals surface area contributed by atoms with Crippen molar-refractivity contribution in [3.8, 4) is 0 Å². The summed E-state index contributed by atoms with van der Waals surface area (Å²) in [6, 6.07) is 8.26. The Morgan fingerprint density at radius 3 is 2.33 bits per heavy atom. The molecule has 1 aliphatic rings. The molecule has 2 aromatic rings. The maximum atomic E-state index is 12.1. The fourth-order valence-corrected chi connectivity index (χ4v) is 2.18. The van der Waals surface area contributed by atoms with Crippen molar-refractivity contribution < 1.29 is 18.8 Å². The first-order chi connectivity index (χ1) is 10.2. The van der Waals surface area contributed by atoms with Gasteiger partial charge in [0.15, 0.2) is 0 Å². The third kappa shape index (κ3) is 2.43. The summed E-state index contributed by atoms with van der Waals surface area (Å²) in [6.07, 6.45) is 3.02. The molecule has 1 aromatic carbocycles. The Balaban J connectivity index is 1.65. The summed E-state index contributed by atoms with van der Waals surface area (Å²) >= 11 is 0. The van der Waals surface area contributed by atoms with Gasteiger partial charge in [0, 0.05) is 12.1 Å². The predicted octanol–water partition coefficient (Wildman–Crippen LogP) is 1.19. The van der Waals surface area contributed by atoms with Crippen LogP contribution in [-0.4, -0.2) is 29.2 Å². The Labute approximate surface area is 120 Å². The number of imide groups is 1. The molecule has 0 radical (unpaired) electrons. The van der Waals surface area contributed by atoms with E-state index in [9.17, 15) is 14.4 Å². The number of carbonyl (C=O) groups excluding carboxylic acids is 3. The van der Waals surface area contributed by atoms with Gasteiger partial charge >= 0.3 is 0 Å². The van der Waals surface area contributed by atoms with Gasteiger partial charge in [0.25, 0.3) is 11.8 Å². The Morgan fingerprint density at radius 2 is 1.76 bits per heavy atom. The molecule has 6 nitrogen and oxygen atoms in total. The molecule has 3 rings (SSSR count). The van der Waals surface area contributed by atoms with Gasteiger partial charge in [-0.25, -0.2) is 0 Å². The van der Waals surface area contributed by atoms with Gasteiger partial charge < -0.3 is 9.73 Å². The van der Waals surface area contributed by atoms with Crippen molar-refractivity contribution in [2.45, 2.75) is 6.54 Å². The molecular formula is C15H12N2O4. The van der Waals surface area contributed by atoms with Crippen molar-refractivity contribution in [2.24, 2.45) is 0 Å². The van der Waals surface area contributed by atoms with Gasteiger partial charge in [-0.15, -0.1) is 0 Å². The number of amides is 3. The van der Waals surface area contributed by atoms with E-state index >= 15 is 0 Å². The van der Waals surface area contributed by atoms with Gasteiger partial charge in [0.2, 0.25) is 5.91 Å². The minimum atomic E-state index is -0.436. The zero-order valence-electron chi connectivity index (χ0n) is 11.0. The third-order valence-corrected chi connectivity index (χ3v) is 3.25. The summed E-state index contributed by atoms with van der Waals surface area (Å²) in [6.45, 7) is 0.00268. The number of fused-ring (bicyclic) bond motifs is 1. The fraction of sp³-hybridized carbons (Fsp3) is 0.133. The predicted molar refractivity (Wildman–Crippen MR) is 72.4 cm³/mol. The largest absolute Gasteiger partial charge is 0.472 e. The molecule has 21 heavy (non-hydrogen) atoms. The van der Waals surface area contributed by atoms with Crippen LogP contribution in [0.25, 0.3) is 0 Å². The number of hydrogen-bond acceptors (Lipinski definition) is 4. The maximum absolute atomic E-state index is 12.1. The van der Waals surface area contributed by atoms with Crippen LogP contribution in [0.15, 0.2) is 47.3 Å². The number of nitrogens with zero attached hydrogens (tertiary/aromatic N) is 1. The molecule has 1 N–H and O–H groups in total. The summed E-state index contributed by atoms with van der Waals surface area (Å²) in [5.41, 5.74) is 1.49. The molecule has 0 fully saturated rings. The smallest absolute Gasteiger partial charge is 0.262 e. The van der Waals surface area contributed by atoms with E-state index in [1.54, 1.807) is 30.3 Å². The lowest BCUT2D eigenvalue weighted by Gasteiger charge is -2.13. The SMILES string of the molecule is O=C(CN1C(=O)c2ccccc2C1=O)NCc1ccoc1. The molecule has 0 unspecified atom stereocenters. The number of carbonyl (C=O) groups is 3. The Bertz CT molecular complexity index is 671. The van der Waals surface area contributed by atoms with Crippen LogP contribution in [0.2, 0.25) is 0 Å². The molecule has 0 aliphatic carbocycles. The second kappa shape index (κ2) is 5.24. The van der Waals surface area contributed by atoms with E-state index in [1.807, 2.05) is 0 Å². The first-order valence-corrected chi connectivity index (χ1v) is 6.40. The Kier molecular flexibility index (Phi) is 3.27. The van der Waals surface area contributed by atoms with Crippen LogP contribution in [0.1, 0.15) is 26.3 Å². The third-order valence-electron chi connectivity index (χ3n) is 3.25. The number of nitrogens with one attached hydrogen (secondary N) is 1. The van der Waals surface area contributed by atoms with Crippen LogP contribution in [0.4, 0.5) is 0 Å². The van der Waals surface area contributed by atoms with Crippen molar-refractivity contribution in [1.29, 1.82) is 0 Å². The molecular weight excluding hydrogens is 272 g/mol. The highest BCUT2D eigenvalue weighted by Gasteiger charge is 2.36. The summed E-state index contributed by atoms with van der Waals surface area (Å²) in [4.78, 5) is 37.0. The number of hydrogen-bond donors (Lipinski definition) is 1. The minimum absolute atomic E-state index is 0.288. The van der Waals surface area contributed by atoms with Gasteiger partial charge in [-0.1, -0.05) is 12.1 Å². The van der Waals surface area contributed by atoms with Crippen molar-refractivity contribution in [1.82, 2.24) is 10.2 Å². The van der Waals surface area contributed by atoms with Gasteiger partial charge in [-0.3, -0.25) is 19.3 Å². The molecule has 6 heteroatoms. The second-order valence-corrected chi connectivity index (χ2v) is 4.65. The molecule has 106 valence electrons. The topological polar surface area (TPSA) is 79.6 Å². The molecule has 0 atom stereocenters. The van der Waals surface area contributed by atoms with E-state index in [-0.39, 0.29) is 6.54 Å². The molecule has 1 aromatic heterocycles. The fourth-order valence-electron chi connectivity index (χ4n) is 2.18. The molecule has 0 bridgehead atoms. The van der Waals surface area contributed by atoms with Crippen molar-refractivity contribution in [2.75, 3.05) is 6.54 Å². The van der Waals surface area contributed by atoms with Crippen LogP contribution < -0.4 is 5.32 Å². The van der Waals surface area contributed by atoms with Crippen molar-refractivity contribution in [3.05, 3.63) is 59.5 Å². The maximum Gasteiger partial charge on any atom is 0.262 e. The number of benzene rings is 1. The monoisotopic (exact) mass is 284 g/mol. The lowest BCUT2D eigenvalue weighted by Crippen LogP contribution is -2.40. The first-order valence-electron chi connectivity index (χ1n) is 6.40. The summed E-state index contributed by atoms with van der Waals surface area (Å²) < 4.78 is 4.89. The Morgan fingerprint density at radius 1 is 1.10 bits per heavy atom. The molecule has 3 amide bonds. The highest BCUT2D eigenvalue weighted by atomic mass is 16.3. The van der Waals surface area contributed by atoms with Crippen molar-refractivity contribution >= 4 is 17.7 Å². The zero-order chi connectivity index (χ0) is 14.8. The van der Waals surface area contributed by atoms with E-state index in [0.29, 0.717) is 17.7 Å². The van der Waals surface area contributed by atoms with E-state index < -0.39 is 17.7 Å². The molecule has 0 spiro atoms. The number of furan rings is 1. The van der Waals surface area contributed by atoms with Crippen LogP contribution in [0.5, 0.6) is 0 Å². The van der Waals surface area contributed by atoms with Gasteiger partial charge in [0.1, 0.15) is 6.54 Å². The molecule has 1 aliphatic heterocycles. The highest BCUT2D eigenvalue weighted by Crippen LogP contribution is 2.21. The van der Waals surface area contributed by atoms with E-state index in [0.717, 1.165) is 10.5 Å². The van der Waals surface area contributed by atoms with Gasteiger partial charge in [-0.2, -0.15) is 0 Å². The van der Waals surface area contributed by atoms with Crippen molar-refractivity contribution in [3.63, 3.8) is 0 Å². The summed E-state index contributed by atoms with van der Waals surface area (Å²) in [7, 11) is 0. The highest BCUT2D eigenvalue weighted by molar-refractivity contribution is 6.22. The van der Waals surface area contributed by atoms with Crippen LogP contribution in [-0.2, 0) is 11.3 Å². The minimum Gasteiger partial charge on any atom is -0.472 e. The quantitative estimate of drug-likeness (QED) is 0.855. The zero-order valence-corrected chi connectivity index (χ0v) is 11.0. The summed E-state index contributed by atoms with van der Waals surface area (Å²) in [5.74, 6) is -1.27. The van der Waals surface area contributed by atoms with E-state index in [1.165, 1.54) is 12.5 Å². The van der Waals surface area contributed by atoms with Gasteiger partial charge in [-0.05, 0) is 18.2 Å². The average Bonchev–Trinajstić information content (AvgIpc) is 3.09. The van der Waals surface area contributed by atoms with Gasteiger partial charge in [0.05, 0.1) is 23.7 Å². The van der Waals surface area contributed by atoms with Crippen LogP contribution in [0, 0.1) is 0 Å². The average molecular weight is 284 g/mol. The molecule has 2 heterocycles. The lowest BCUT2D eigenvalue weighted by atomic mass is 10.1. The Hall–Kier alpha value is -2.89. The van der Waals surface area contributed by atoms with Crippen LogP contribution in [0.3, 0.4) is 0 Å². The first kappa shape index (κ1) is 13.1. The van der Waals surface area contributed by atoms with E-state index in [4.69, 9.17) is 4.42 Å². The molecule has 0 saturated carbocycles. The molecule has 0 saturated heterocycles. The van der Waals surface area contributed by atoms with E-state index in [2.05, 4.69) is 5.32 Å².